The van der Waals surface area contributed by atoms with E-state index in [-0.39, 0.29) is 0 Å². The first-order valence-corrected chi connectivity index (χ1v) is 18.2. The lowest BCUT2D eigenvalue weighted by Gasteiger charge is -2.11. The highest BCUT2D eigenvalue weighted by atomic mass is 32.1. The minimum absolute atomic E-state index is 0.606. The van der Waals surface area contributed by atoms with Gasteiger partial charge in [0.05, 0.1) is 0 Å². The molecule has 0 radical (unpaired) electrons. The molecule has 0 saturated carbocycles. The highest BCUT2D eigenvalue weighted by Gasteiger charge is 2.21. The van der Waals surface area contributed by atoms with Crippen molar-refractivity contribution in [3.05, 3.63) is 164 Å². The molecule has 0 aliphatic heterocycles. The molecule has 0 aliphatic carbocycles. The van der Waals surface area contributed by atoms with Gasteiger partial charge >= 0.3 is 0 Å². The van der Waals surface area contributed by atoms with Crippen molar-refractivity contribution in [2.24, 2.45) is 0 Å². The molecule has 3 heterocycles. The fraction of sp³-hybridized carbons (Fsp3) is 0. The number of nitrogens with zero attached hydrogens (tertiary/aromatic N) is 3. The molecule has 0 spiro atoms. The number of hydrogen-bond acceptors (Lipinski definition) is 5. The third-order valence-electron chi connectivity index (χ3n) is 10.1. The average Bonchev–Trinajstić information content (AvgIpc) is 3.79. The Morgan fingerprint density at radius 1 is 0.404 bits per heavy atom. The SMILES string of the molecule is c1ccc(-c2cc3c(oc4cccc(-c5nc(-c6ccc7ccccc7c6)nc(-c6cccc7c6sc6ccccc67)n5)c43)c3ccccc23)cc1. The Bertz CT molecular complexity index is 3200. The minimum Gasteiger partial charge on any atom is -0.455 e. The standard InChI is InChI=1S/C47H27N3OS/c1-2-13-29(14-3-1)38-27-39-42-36(20-11-22-40(42)51-43(39)34-18-7-6-16-32(34)38)46-48-45(31-25-24-28-12-4-5-15-30(28)26-31)49-47(50-46)37-21-10-19-35-33-17-8-9-23-41(33)52-44(35)37/h1-27H. The van der Waals surface area contributed by atoms with Crippen LogP contribution in [0.15, 0.2) is 168 Å². The Hall–Kier alpha value is -6.69. The number of thiophene rings is 1. The molecule has 0 aliphatic rings. The molecule has 4 nitrogen and oxygen atoms in total. The first-order chi connectivity index (χ1) is 25.8. The van der Waals surface area contributed by atoms with Crippen LogP contribution in [0, 0.1) is 0 Å². The van der Waals surface area contributed by atoms with E-state index in [1.54, 1.807) is 11.3 Å². The smallest absolute Gasteiger partial charge is 0.165 e. The van der Waals surface area contributed by atoms with Crippen molar-refractivity contribution in [3.8, 4) is 45.3 Å². The van der Waals surface area contributed by atoms with E-state index >= 15 is 0 Å². The molecule has 11 aromatic rings. The number of fused-ring (bicyclic) bond motifs is 9. The van der Waals surface area contributed by atoms with Gasteiger partial charge in [-0.2, -0.15) is 0 Å². The average molecular weight is 682 g/mol. The Kier molecular flexibility index (Phi) is 6.39. The van der Waals surface area contributed by atoms with Gasteiger partial charge in [-0.3, -0.25) is 0 Å². The summed E-state index contributed by atoms with van der Waals surface area (Å²) in [7, 11) is 0. The Morgan fingerprint density at radius 2 is 1.08 bits per heavy atom. The molecule has 52 heavy (non-hydrogen) atoms. The molecular weight excluding hydrogens is 655 g/mol. The van der Waals surface area contributed by atoms with Gasteiger partial charge in [0.15, 0.2) is 17.5 Å². The maximum Gasteiger partial charge on any atom is 0.165 e. The van der Waals surface area contributed by atoms with Crippen LogP contribution in [-0.4, -0.2) is 15.0 Å². The maximum atomic E-state index is 6.72. The zero-order valence-corrected chi connectivity index (χ0v) is 28.6. The molecule has 0 atom stereocenters. The van der Waals surface area contributed by atoms with Crippen molar-refractivity contribution in [1.82, 2.24) is 15.0 Å². The Balaban J connectivity index is 1.21. The van der Waals surface area contributed by atoms with Crippen molar-refractivity contribution in [1.29, 1.82) is 0 Å². The molecule has 242 valence electrons. The van der Waals surface area contributed by atoms with E-state index in [1.807, 2.05) is 12.1 Å². The van der Waals surface area contributed by atoms with E-state index in [0.717, 1.165) is 70.6 Å². The fourth-order valence-corrected chi connectivity index (χ4v) is 8.90. The van der Waals surface area contributed by atoms with E-state index in [1.165, 1.54) is 20.9 Å². The Labute approximate surface area is 302 Å². The zero-order valence-electron chi connectivity index (χ0n) is 27.7. The second-order valence-electron chi connectivity index (χ2n) is 13.1. The summed E-state index contributed by atoms with van der Waals surface area (Å²) >= 11 is 1.78. The summed E-state index contributed by atoms with van der Waals surface area (Å²) in [5.41, 5.74) is 6.80. The second kappa shape index (κ2) is 11.4. The minimum atomic E-state index is 0.606. The van der Waals surface area contributed by atoms with Gasteiger partial charge in [-0.1, -0.05) is 133 Å². The summed E-state index contributed by atoms with van der Waals surface area (Å²) in [5, 5.41) is 9.00. The second-order valence-corrected chi connectivity index (χ2v) is 14.2. The van der Waals surface area contributed by atoms with E-state index in [9.17, 15) is 0 Å². The van der Waals surface area contributed by atoms with Crippen LogP contribution in [0.3, 0.4) is 0 Å². The number of benzene rings is 8. The van der Waals surface area contributed by atoms with E-state index in [0.29, 0.717) is 17.5 Å². The van der Waals surface area contributed by atoms with Crippen LogP contribution in [0.2, 0.25) is 0 Å². The van der Waals surface area contributed by atoms with Crippen LogP contribution in [0.4, 0.5) is 0 Å². The largest absolute Gasteiger partial charge is 0.455 e. The van der Waals surface area contributed by atoms with Gasteiger partial charge in [0, 0.05) is 53.0 Å². The topological polar surface area (TPSA) is 51.8 Å². The highest BCUT2D eigenvalue weighted by Crippen LogP contribution is 2.44. The van der Waals surface area contributed by atoms with Crippen LogP contribution in [0.1, 0.15) is 0 Å². The normalized spacial score (nSPS) is 11.8. The number of hydrogen-bond donors (Lipinski definition) is 0. The van der Waals surface area contributed by atoms with E-state index in [4.69, 9.17) is 19.4 Å². The third-order valence-corrected chi connectivity index (χ3v) is 11.3. The first kappa shape index (κ1) is 29.1. The first-order valence-electron chi connectivity index (χ1n) is 17.4. The molecule has 0 fully saturated rings. The van der Waals surface area contributed by atoms with Gasteiger partial charge < -0.3 is 4.42 Å². The molecule has 11 rings (SSSR count). The van der Waals surface area contributed by atoms with Crippen molar-refractivity contribution in [3.63, 3.8) is 0 Å². The summed E-state index contributed by atoms with van der Waals surface area (Å²) < 4.78 is 9.12. The zero-order chi connectivity index (χ0) is 34.2. The van der Waals surface area contributed by atoms with Gasteiger partial charge in [-0.15, -0.1) is 11.3 Å². The van der Waals surface area contributed by atoms with E-state index < -0.39 is 0 Å². The molecular formula is C47H27N3OS. The van der Waals surface area contributed by atoms with Crippen molar-refractivity contribution >= 4 is 75.0 Å². The molecule has 0 saturated heterocycles. The number of rotatable bonds is 4. The third kappa shape index (κ3) is 4.50. The quantitative estimate of drug-likeness (QED) is 0.185. The van der Waals surface area contributed by atoms with Gasteiger partial charge in [0.1, 0.15) is 11.2 Å². The van der Waals surface area contributed by atoms with Crippen molar-refractivity contribution < 1.29 is 4.42 Å². The van der Waals surface area contributed by atoms with E-state index in [2.05, 4.69) is 152 Å². The number of furan rings is 1. The lowest BCUT2D eigenvalue weighted by Crippen LogP contribution is -2.00. The molecule has 0 N–H and O–H groups in total. The van der Waals surface area contributed by atoms with Gasteiger partial charge in [0.2, 0.25) is 0 Å². The molecule has 3 aromatic heterocycles. The van der Waals surface area contributed by atoms with Crippen molar-refractivity contribution in [2.75, 3.05) is 0 Å². The summed E-state index contributed by atoms with van der Waals surface area (Å²) in [5.74, 6) is 1.88. The van der Waals surface area contributed by atoms with Crippen LogP contribution in [0.5, 0.6) is 0 Å². The molecule has 0 amide bonds. The van der Waals surface area contributed by atoms with Crippen LogP contribution in [0.25, 0.3) is 109 Å². The molecule has 0 unspecified atom stereocenters. The fourth-order valence-electron chi connectivity index (χ4n) is 7.69. The predicted octanol–water partition coefficient (Wildman–Crippen LogP) is 13.1. The molecule has 5 heteroatoms. The van der Waals surface area contributed by atoms with Gasteiger partial charge in [-0.25, -0.2) is 15.0 Å². The van der Waals surface area contributed by atoms with Gasteiger partial charge in [0.25, 0.3) is 0 Å². The van der Waals surface area contributed by atoms with Gasteiger partial charge in [-0.05, 0) is 57.6 Å². The van der Waals surface area contributed by atoms with Crippen LogP contribution in [-0.2, 0) is 0 Å². The lowest BCUT2D eigenvalue weighted by atomic mass is 9.94. The number of aromatic nitrogens is 3. The maximum absolute atomic E-state index is 6.72. The lowest BCUT2D eigenvalue weighted by molar-refractivity contribution is 0.673. The Morgan fingerprint density at radius 3 is 1.96 bits per heavy atom. The predicted molar refractivity (Wildman–Crippen MR) is 217 cm³/mol. The molecule has 0 bridgehead atoms. The van der Waals surface area contributed by atoms with Crippen LogP contribution < -0.4 is 0 Å². The highest BCUT2D eigenvalue weighted by molar-refractivity contribution is 7.26. The summed E-state index contributed by atoms with van der Waals surface area (Å²) in [6.45, 7) is 0. The van der Waals surface area contributed by atoms with Crippen LogP contribution >= 0.6 is 11.3 Å². The molecule has 8 aromatic carbocycles. The monoisotopic (exact) mass is 681 g/mol. The summed E-state index contributed by atoms with van der Waals surface area (Å²) in [4.78, 5) is 15.8. The summed E-state index contributed by atoms with van der Waals surface area (Å²) in [6.07, 6.45) is 0. The van der Waals surface area contributed by atoms with Crippen molar-refractivity contribution in [2.45, 2.75) is 0 Å². The summed E-state index contributed by atoms with van der Waals surface area (Å²) in [6, 6.07) is 57.3.